The van der Waals surface area contributed by atoms with Crippen molar-refractivity contribution in [1.82, 2.24) is 0 Å². The lowest BCUT2D eigenvalue weighted by atomic mass is 10.1. The molecule has 5 nitrogen and oxygen atoms in total. The number of amides is 1. The molecule has 0 radical (unpaired) electrons. The van der Waals surface area contributed by atoms with Gasteiger partial charge in [-0.1, -0.05) is 29.3 Å². The number of carbonyl (C=O) groups excluding carboxylic acids is 1. The molecule has 140 valence electrons. The summed E-state index contributed by atoms with van der Waals surface area (Å²) in [4.78, 5) is 12.2. The van der Waals surface area contributed by atoms with Gasteiger partial charge < -0.3 is 5.32 Å². The van der Waals surface area contributed by atoms with Gasteiger partial charge in [-0.3, -0.25) is 9.10 Å². The van der Waals surface area contributed by atoms with Gasteiger partial charge in [-0.2, -0.15) is 0 Å². The first kappa shape index (κ1) is 20.3. The van der Waals surface area contributed by atoms with Crippen LogP contribution in [0.1, 0.15) is 23.1 Å². The predicted octanol–water partition coefficient (Wildman–Crippen LogP) is 4.06. The van der Waals surface area contributed by atoms with Gasteiger partial charge in [0.25, 0.3) is 0 Å². The summed E-state index contributed by atoms with van der Waals surface area (Å²) >= 11 is 5.82. The first-order chi connectivity index (χ1) is 12.1. The van der Waals surface area contributed by atoms with Gasteiger partial charge >= 0.3 is 0 Å². The van der Waals surface area contributed by atoms with Crippen molar-refractivity contribution >= 4 is 38.9 Å². The van der Waals surface area contributed by atoms with E-state index in [0.29, 0.717) is 16.4 Å². The monoisotopic (exact) mass is 394 g/mol. The second-order valence-corrected chi connectivity index (χ2v) is 8.73. The SMILES string of the molecule is Cc1cc(C)c(N(CCC(=O)Nc2ccc(Cl)cc2)S(C)(=O)=O)c(C)c1. The standard InChI is InChI=1S/C19H23ClN2O3S/c1-13-11-14(2)19(15(3)12-13)22(26(4,24)25)10-9-18(23)21-17-7-5-16(20)6-8-17/h5-8,11-12H,9-10H2,1-4H3,(H,21,23). The van der Waals surface area contributed by atoms with Gasteiger partial charge in [0.05, 0.1) is 11.9 Å². The molecule has 0 bridgehead atoms. The van der Waals surface area contributed by atoms with Crippen LogP contribution in [-0.4, -0.2) is 27.1 Å². The minimum atomic E-state index is -3.51. The molecule has 2 aromatic carbocycles. The third-order valence-corrected chi connectivity index (χ3v) is 5.37. The van der Waals surface area contributed by atoms with Gasteiger partial charge in [-0.15, -0.1) is 0 Å². The minimum absolute atomic E-state index is 0.0441. The minimum Gasteiger partial charge on any atom is -0.326 e. The van der Waals surface area contributed by atoms with Gasteiger partial charge in [0.2, 0.25) is 15.9 Å². The molecule has 0 saturated heterocycles. The van der Waals surface area contributed by atoms with Crippen LogP contribution in [0, 0.1) is 20.8 Å². The molecule has 7 heteroatoms. The normalized spacial score (nSPS) is 11.3. The molecule has 0 aliphatic heterocycles. The molecule has 0 atom stereocenters. The van der Waals surface area contributed by atoms with Crippen LogP contribution < -0.4 is 9.62 Å². The van der Waals surface area contributed by atoms with Crippen LogP contribution in [0.2, 0.25) is 5.02 Å². The number of aryl methyl sites for hydroxylation is 3. The van der Waals surface area contributed by atoms with Gasteiger partial charge in [0, 0.05) is 23.7 Å². The Morgan fingerprint density at radius 2 is 1.62 bits per heavy atom. The number of anilines is 2. The maximum absolute atomic E-state index is 12.3. The highest BCUT2D eigenvalue weighted by Gasteiger charge is 2.22. The van der Waals surface area contributed by atoms with Crippen LogP contribution in [0.4, 0.5) is 11.4 Å². The maximum Gasteiger partial charge on any atom is 0.232 e. The van der Waals surface area contributed by atoms with Gasteiger partial charge in [0.15, 0.2) is 0 Å². The van der Waals surface area contributed by atoms with E-state index in [1.54, 1.807) is 24.3 Å². The van der Waals surface area contributed by atoms with Crippen LogP contribution >= 0.6 is 11.6 Å². The van der Waals surface area contributed by atoms with E-state index < -0.39 is 10.0 Å². The molecule has 0 aliphatic rings. The van der Waals surface area contributed by atoms with E-state index in [4.69, 9.17) is 11.6 Å². The highest BCUT2D eigenvalue weighted by molar-refractivity contribution is 7.92. The Balaban J connectivity index is 2.17. The summed E-state index contributed by atoms with van der Waals surface area (Å²) < 4.78 is 25.9. The highest BCUT2D eigenvalue weighted by atomic mass is 35.5. The van der Waals surface area contributed by atoms with E-state index in [1.165, 1.54) is 4.31 Å². The highest BCUT2D eigenvalue weighted by Crippen LogP contribution is 2.28. The van der Waals surface area contributed by atoms with Crippen molar-refractivity contribution in [2.45, 2.75) is 27.2 Å². The largest absolute Gasteiger partial charge is 0.326 e. The number of halogens is 1. The number of benzene rings is 2. The van der Waals surface area contributed by atoms with E-state index >= 15 is 0 Å². The smallest absolute Gasteiger partial charge is 0.232 e. The van der Waals surface area contributed by atoms with Crippen LogP contribution in [0.15, 0.2) is 36.4 Å². The average Bonchev–Trinajstić information content (AvgIpc) is 2.50. The Hall–Kier alpha value is -2.05. The summed E-state index contributed by atoms with van der Waals surface area (Å²) in [6.07, 6.45) is 1.20. The molecule has 26 heavy (non-hydrogen) atoms. The zero-order valence-electron chi connectivity index (χ0n) is 15.3. The topological polar surface area (TPSA) is 66.5 Å². The van der Waals surface area contributed by atoms with Crippen molar-refractivity contribution in [2.24, 2.45) is 0 Å². The molecule has 0 spiro atoms. The summed E-state index contributed by atoms with van der Waals surface area (Å²) in [6.45, 7) is 5.79. The van der Waals surface area contributed by atoms with Crippen LogP contribution in [0.25, 0.3) is 0 Å². The zero-order valence-corrected chi connectivity index (χ0v) is 16.9. The molecule has 0 aromatic heterocycles. The van der Waals surface area contributed by atoms with Gasteiger partial charge in [-0.25, -0.2) is 8.42 Å². The fourth-order valence-corrected chi connectivity index (χ4v) is 4.14. The lowest BCUT2D eigenvalue weighted by Crippen LogP contribution is -2.34. The number of nitrogens with one attached hydrogen (secondary N) is 1. The lowest BCUT2D eigenvalue weighted by Gasteiger charge is -2.26. The zero-order chi connectivity index (χ0) is 19.5. The number of sulfonamides is 1. The molecule has 2 aromatic rings. The number of rotatable bonds is 6. The number of hydrogen-bond donors (Lipinski definition) is 1. The molecule has 2 rings (SSSR count). The van der Waals surface area contributed by atoms with E-state index in [1.807, 2.05) is 32.9 Å². The van der Waals surface area contributed by atoms with Crippen LogP contribution in [0.5, 0.6) is 0 Å². The number of hydrogen-bond acceptors (Lipinski definition) is 3. The maximum atomic E-state index is 12.3. The lowest BCUT2D eigenvalue weighted by molar-refractivity contribution is -0.116. The Bertz CT molecular complexity index is 886. The quantitative estimate of drug-likeness (QED) is 0.803. The second kappa shape index (κ2) is 8.10. The number of nitrogens with zero attached hydrogens (tertiary/aromatic N) is 1. The van der Waals surface area contributed by atoms with Gasteiger partial charge in [0.1, 0.15) is 0 Å². The Labute approximate surface area is 160 Å². The second-order valence-electron chi connectivity index (χ2n) is 6.39. The van der Waals surface area contributed by atoms with Crippen molar-refractivity contribution < 1.29 is 13.2 Å². The van der Waals surface area contributed by atoms with E-state index in [-0.39, 0.29) is 18.9 Å². The molecule has 1 N–H and O–H groups in total. The third-order valence-electron chi connectivity index (χ3n) is 3.96. The summed E-state index contributed by atoms with van der Waals surface area (Å²) in [5.41, 5.74) is 4.06. The fourth-order valence-electron chi connectivity index (χ4n) is 2.97. The Kier molecular flexibility index (Phi) is 6.31. The molecule has 0 unspecified atom stereocenters. The van der Waals surface area contributed by atoms with E-state index in [2.05, 4.69) is 5.32 Å². The van der Waals surface area contributed by atoms with Crippen LogP contribution in [-0.2, 0) is 14.8 Å². The molecule has 0 saturated carbocycles. The predicted molar refractivity (Wildman–Crippen MR) is 108 cm³/mol. The molecule has 0 heterocycles. The average molecular weight is 395 g/mol. The van der Waals surface area contributed by atoms with Crippen LogP contribution in [0.3, 0.4) is 0 Å². The van der Waals surface area contributed by atoms with E-state index in [0.717, 1.165) is 22.9 Å². The summed E-state index contributed by atoms with van der Waals surface area (Å²) in [5.74, 6) is -0.261. The summed E-state index contributed by atoms with van der Waals surface area (Å²) in [7, 11) is -3.51. The van der Waals surface area contributed by atoms with Crippen molar-refractivity contribution in [3.63, 3.8) is 0 Å². The Morgan fingerprint density at radius 3 is 2.12 bits per heavy atom. The van der Waals surface area contributed by atoms with E-state index in [9.17, 15) is 13.2 Å². The van der Waals surface area contributed by atoms with Gasteiger partial charge in [-0.05, 0) is 56.2 Å². The molecule has 1 amide bonds. The van der Waals surface area contributed by atoms with Crippen molar-refractivity contribution in [1.29, 1.82) is 0 Å². The molecular formula is C19H23ClN2O3S. The molecular weight excluding hydrogens is 372 g/mol. The first-order valence-corrected chi connectivity index (χ1v) is 10.4. The van der Waals surface area contributed by atoms with Crippen molar-refractivity contribution in [3.05, 3.63) is 58.1 Å². The summed E-state index contributed by atoms with van der Waals surface area (Å²) in [5, 5.41) is 3.33. The molecule has 0 fully saturated rings. The summed E-state index contributed by atoms with van der Waals surface area (Å²) in [6, 6.07) is 10.6. The van der Waals surface area contributed by atoms with Crippen molar-refractivity contribution in [3.8, 4) is 0 Å². The Morgan fingerprint density at radius 1 is 1.08 bits per heavy atom. The number of carbonyl (C=O) groups is 1. The third kappa shape index (κ3) is 5.22. The fraction of sp³-hybridized carbons (Fsp3) is 0.316. The molecule has 0 aliphatic carbocycles. The van der Waals surface area contributed by atoms with Crippen molar-refractivity contribution in [2.75, 3.05) is 22.4 Å². The first-order valence-electron chi connectivity index (χ1n) is 8.19.